The van der Waals surface area contributed by atoms with Gasteiger partial charge in [0.15, 0.2) is 0 Å². The number of sulfonamides is 1. The molecule has 2 heterocycles. The number of rotatable bonds is 4. The van der Waals surface area contributed by atoms with Crippen LogP contribution in [0.25, 0.3) is 0 Å². The molecule has 122 valence electrons. The van der Waals surface area contributed by atoms with Gasteiger partial charge in [-0.05, 0) is 31.0 Å². The summed E-state index contributed by atoms with van der Waals surface area (Å²) >= 11 is 0. The van der Waals surface area contributed by atoms with Gasteiger partial charge in [0, 0.05) is 19.1 Å². The first-order valence-electron chi connectivity index (χ1n) is 7.45. The number of likely N-dealkylation sites (tertiary alicyclic amines) is 1. The molecule has 1 aromatic heterocycles. The standard InChI is InChI=1S/C16H18N2O4S/c19-16(13-8-10-22-12-13)18-9-4-5-14(11-18)17-23(20,21)15-6-2-1-3-7-15/h1-3,6-8,10,12,14,17H,4-5,9,11H2. The Balaban J connectivity index is 1.68. The first-order valence-corrected chi connectivity index (χ1v) is 8.93. The highest BCUT2D eigenvalue weighted by atomic mass is 32.2. The van der Waals surface area contributed by atoms with E-state index >= 15 is 0 Å². The van der Waals surface area contributed by atoms with Gasteiger partial charge in [0.25, 0.3) is 5.91 Å². The van der Waals surface area contributed by atoms with Crippen LogP contribution in [0, 0.1) is 0 Å². The van der Waals surface area contributed by atoms with Crippen LogP contribution in [0.2, 0.25) is 0 Å². The van der Waals surface area contributed by atoms with Crippen molar-refractivity contribution in [3.63, 3.8) is 0 Å². The fourth-order valence-corrected chi connectivity index (χ4v) is 4.00. The number of amides is 1. The molecule has 1 aliphatic rings. The smallest absolute Gasteiger partial charge is 0.257 e. The van der Waals surface area contributed by atoms with E-state index < -0.39 is 10.0 Å². The predicted molar refractivity (Wildman–Crippen MR) is 84.4 cm³/mol. The number of furan rings is 1. The Bertz CT molecular complexity index is 757. The zero-order chi connectivity index (χ0) is 16.3. The average molecular weight is 334 g/mol. The van der Waals surface area contributed by atoms with Crippen molar-refractivity contribution in [1.82, 2.24) is 9.62 Å². The van der Waals surface area contributed by atoms with E-state index in [1.807, 2.05) is 0 Å². The van der Waals surface area contributed by atoms with E-state index in [-0.39, 0.29) is 16.8 Å². The summed E-state index contributed by atoms with van der Waals surface area (Å²) in [5.41, 5.74) is 0.483. The van der Waals surface area contributed by atoms with Crippen LogP contribution in [-0.4, -0.2) is 38.4 Å². The number of piperidine rings is 1. The highest BCUT2D eigenvalue weighted by molar-refractivity contribution is 7.89. The molecule has 0 bridgehead atoms. The van der Waals surface area contributed by atoms with Crippen LogP contribution in [-0.2, 0) is 10.0 Å². The number of carbonyl (C=O) groups is 1. The number of benzene rings is 1. The number of nitrogens with one attached hydrogen (secondary N) is 1. The highest BCUT2D eigenvalue weighted by Gasteiger charge is 2.28. The number of hydrogen-bond acceptors (Lipinski definition) is 4. The van der Waals surface area contributed by atoms with E-state index in [2.05, 4.69) is 4.72 Å². The van der Waals surface area contributed by atoms with Gasteiger partial charge in [-0.2, -0.15) is 0 Å². The fourth-order valence-electron chi connectivity index (χ4n) is 2.71. The van der Waals surface area contributed by atoms with Crippen molar-refractivity contribution in [2.75, 3.05) is 13.1 Å². The molecule has 0 aliphatic carbocycles. The third-order valence-electron chi connectivity index (χ3n) is 3.85. The second kappa shape index (κ2) is 6.55. The minimum Gasteiger partial charge on any atom is -0.472 e. The first-order chi connectivity index (χ1) is 11.1. The SMILES string of the molecule is O=C(c1ccoc1)N1CCCC(NS(=O)(=O)c2ccccc2)C1. The summed E-state index contributed by atoms with van der Waals surface area (Å²) in [7, 11) is -3.57. The molecule has 23 heavy (non-hydrogen) atoms. The molecular formula is C16H18N2O4S. The third kappa shape index (κ3) is 3.62. The van der Waals surface area contributed by atoms with Gasteiger partial charge in [-0.3, -0.25) is 4.79 Å². The van der Waals surface area contributed by atoms with Crippen LogP contribution in [0.3, 0.4) is 0 Å². The second-order valence-corrected chi connectivity index (χ2v) is 7.25. The van der Waals surface area contributed by atoms with Crippen LogP contribution < -0.4 is 4.72 Å². The lowest BCUT2D eigenvalue weighted by molar-refractivity contribution is 0.0702. The zero-order valence-corrected chi connectivity index (χ0v) is 13.3. The lowest BCUT2D eigenvalue weighted by atomic mass is 10.1. The topological polar surface area (TPSA) is 79.6 Å². The van der Waals surface area contributed by atoms with Gasteiger partial charge < -0.3 is 9.32 Å². The van der Waals surface area contributed by atoms with Gasteiger partial charge in [0.2, 0.25) is 10.0 Å². The van der Waals surface area contributed by atoms with Crippen molar-refractivity contribution in [3.8, 4) is 0 Å². The second-order valence-electron chi connectivity index (χ2n) is 5.54. The molecule has 1 aromatic carbocycles. The highest BCUT2D eigenvalue weighted by Crippen LogP contribution is 2.17. The van der Waals surface area contributed by atoms with Crippen molar-refractivity contribution in [2.24, 2.45) is 0 Å². The molecule has 3 rings (SSSR count). The summed E-state index contributed by atoms with van der Waals surface area (Å²) < 4.78 is 32.4. The molecule has 1 atom stereocenters. The van der Waals surface area contributed by atoms with Crippen molar-refractivity contribution in [2.45, 2.75) is 23.8 Å². The predicted octanol–water partition coefficient (Wildman–Crippen LogP) is 1.86. The maximum absolute atomic E-state index is 12.4. The summed E-state index contributed by atoms with van der Waals surface area (Å²) in [4.78, 5) is 14.2. The molecule has 1 aliphatic heterocycles. The molecule has 2 aromatic rings. The van der Waals surface area contributed by atoms with E-state index in [1.165, 1.54) is 12.5 Å². The molecule has 0 spiro atoms. The van der Waals surface area contributed by atoms with Crippen molar-refractivity contribution in [1.29, 1.82) is 0 Å². The summed E-state index contributed by atoms with van der Waals surface area (Å²) in [6, 6.07) is 9.57. The van der Waals surface area contributed by atoms with E-state index in [1.54, 1.807) is 41.3 Å². The Labute approximate surface area is 135 Å². The van der Waals surface area contributed by atoms with Gasteiger partial charge in [-0.25, -0.2) is 13.1 Å². The molecule has 1 unspecified atom stereocenters. The van der Waals surface area contributed by atoms with Crippen molar-refractivity contribution in [3.05, 3.63) is 54.5 Å². The number of carbonyl (C=O) groups excluding carboxylic acids is 1. The van der Waals surface area contributed by atoms with Crippen LogP contribution >= 0.6 is 0 Å². The lowest BCUT2D eigenvalue weighted by Crippen LogP contribution is -2.49. The molecule has 7 heteroatoms. The van der Waals surface area contributed by atoms with Crippen molar-refractivity contribution < 1.29 is 17.6 Å². The van der Waals surface area contributed by atoms with E-state index in [9.17, 15) is 13.2 Å². The van der Waals surface area contributed by atoms with Gasteiger partial charge in [-0.1, -0.05) is 18.2 Å². The Hall–Kier alpha value is -2.12. The first kappa shape index (κ1) is 15.8. The van der Waals surface area contributed by atoms with Gasteiger partial charge in [-0.15, -0.1) is 0 Å². The third-order valence-corrected chi connectivity index (χ3v) is 5.39. The largest absolute Gasteiger partial charge is 0.472 e. The summed E-state index contributed by atoms with van der Waals surface area (Å²) in [6.45, 7) is 0.976. The quantitative estimate of drug-likeness (QED) is 0.925. The van der Waals surface area contributed by atoms with E-state index in [0.717, 1.165) is 6.42 Å². The molecule has 1 saturated heterocycles. The molecule has 0 radical (unpaired) electrons. The van der Waals surface area contributed by atoms with Gasteiger partial charge in [0.05, 0.1) is 16.7 Å². The monoisotopic (exact) mass is 334 g/mol. The molecular weight excluding hydrogens is 316 g/mol. The summed E-state index contributed by atoms with van der Waals surface area (Å²) in [5, 5.41) is 0. The number of nitrogens with zero attached hydrogens (tertiary/aromatic N) is 1. The van der Waals surface area contributed by atoms with Crippen LogP contribution in [0.4, 0.5) is 0 Å². The molecule has 0 saturated carbocycles. The summed E-state index contributed by atoms with van der Waals surface area (Å²) in [6.07, 6.45) is 4.32. The lowest BCUT2D eigenvalue weighted by Gasteiger charge is -2.32. The van der Waals surface area contributed by atoms with Gasteiger partial charge in [0.1, 0.15) is 6.26 Å². The Morgan fingerprint density at radius 1 is 1.22 bits per heavy atom. The minimum atomic E-state index is -3.57. The van der Waals surface area contributed by atoms with Crippen LogP contribution in [0.15, 0.2) is 58.2 Å². The molecule has 6 nitrogen and oxygen atoms in total. The number of hydrogen-bond donors (Lipinski definition) is 1. The van der Waals surface area contributed by atoms with E-state index in [0.29, 0.717) is 25.1 Å². The minimum absolute atomic E-state index is 0.137. The zero-order valence-electron chi connectivity index (χ0n) is 12.5. The van der Waals surface area contributed by atoms with Crippen molar-refractivity contribution >= 4 is 15.9 Å². The Morgan fingerprint density at radius 3 is 2.70 bits per heavy atom. The van der Waals surface area contributed by atoms with Crippen LogP contribution in [0.5, 0.6) is 0 Å². The summed E-state index contributed by atoms with van der Waals surface area (Å²) in [5.74, 6) is -0.137. The van der Waals surface area contributed by atoms with Gasteiger partial charge >= 0.3 is 0 Å². The normalized spacial score (nSPS) is 18.8. The Kier molecular flexibility index (Phi) is 4.49. The fraction of sp³-hybridized carbons (Fsp3) is 0.312. The molecule has 1 fully saturated rings. The van der Waals surface area contributed by atoms with E-state index in [4.69, 9.17) is 4.42 Å². The Morgan fingerprint density at radius 2 is 2.00 bits per heavy atom. The maximum Gasteiger partial charge on any atom is 0.257 e. The maximum atomic E-state index is 12.4. The molecule has 1 N–H and O–H groups in total. The molecule has 1 amide bonds. The average Bonchev–Trinajstić information content (AvgIpc) is 3.09. The van der Waals surface area contributed by atoms with Crippen LogP contribution in [0.1, 0.15) is 23.2 Å².